The van der Waals surface area contributed by atoms with E-state index in [4.69, 9.17) is 16.3 Å². The summed E-state index contributed by atoms with van der Waals surface area (Å²) in [7, 11) is 0. The molecular formula is C19H18ClN3O2S. The molecular weight excluding hydrogens is 370 g/mol. The largest absolute Gasteiger partial charge is 0.481 e. The molecule has 0 aliphatic heterocycles. The molecule has 1 aromatic heterocycles. The van der Waals surface area contributed by atoms with Gasteiger partial charge in [0.1, 0.15) is 10.8 Å². The number of hydrogen-bond acceptors (Lipinski definition) is 5. The van der Waals surface area contributed by atoms with Crippen molar-refractivity contribution in [2.24, 2.45) is 0 Å². The predicted molar refractivity (Wildman–Crippen MR) is 105 cm³/mol. The number of rotatable bonds is 5. The SMILES string of the molecule is Cc1ccc(O[C@@H](C)C(=O)Nc2nnc(-c3ccc(Cl)cc3)s2)cc1C. The van der Waals surface area contributed by atoms with Crippen LogP contribution in [0.4, 0.5) is 5.13 Å². The lowest BCUT2D eigenvalue weighted by atomic mass is 10.1. The van der Waals surface area contributed by atoms with Crippen LogP contribution in [-0.2, 0) is 4.79 Å². The second-order valence-corrected chi connectivity index (χ2v) is 7.33. The summed E-state index contributed by atoms with van der Waals surface area (Å²) in [6.07, 6.45) is -0.653. The Labute approximate surface area is 161 Å². The Morgan fingerprint density at radius 1 is 1.12 bits per heavy atom. The summed E-state index contributed by atoms with van der Waals surface area (Å²) in [5, 5.41) is 12.7. The van der Waals surface area contributed by atoms with Crippen LogP contribution in [0.2, 0.25) is 5.02 Å². The highest BCUT2D eigenvalue weighted by molar-refractivity contribution is 7.18. The zero-order chi connectivity index (χ0) is 18.7. The van der Waals surface area contributed by atoms with Gasteiger partial charge < -0.3 is 4.74 Å². The molecule has 2 aromatic carbocycles. The quantitative estimate of drug-likeness (QED) is 0.677. The van der Waals surface area contributed by atoms with E-state index in [-0.39, 0.29) is 5.91 Å². The number of carbonyl (C=O) groups excluding carboxylic acids is 1. The van der Waals surface area contributed by atoms with Crippen LogP contribution in [0.5, 0.6) is 5.75 Å². The molecule has 0 fully saturated rings. The molecule has 0 saturated heterocycles. The summed E-state index contributed by atoms with van der Waals surface area (Å²) in [6.45, 7) is 5.74. The van der Waals surface area contributed by atoms with Crippen LogP contribution in [0, 0.1) is 13.8 Å². The number of aryl methyl sites for hydroxylation is 2. The standard InChI is InChI=1S/C19H18ClN3O2S/c1-11-4-9-16(10-12(11)2)25-13(3)17(24)21-19-23-22-18(26-19)14-5-7-15(20)8-6-14/h4-10,13H,1-3H3,(H,21,23,24)/t13-/m0/s1. The summed E-state index contributed by atoms with van der Waals surface area (Å²) in [4.78, 5) is 12.3. The number of nitrogens with one attached hydrogen (secondary N) is 1. The van der Waals surface area contributed by atoms with Gasteiger partial charge in [-0.1, -0.05) is 41.1 Å². The number of nitrogens with zero attached hydrogens (tertiary/aromatic N) is 2. The first kappa shape index (κ1) is 18.4. The number of anilines is 1. The van der Waals surface area contributed by atoms with Crippen molar-refractivity contribution in [3.8, 4) is 16.3 Å². The number of benzene rings is 2. The van der Waals surface area contributed by atoms with E-state index in [1.54, 1.807) is 19.1 Å². The Morgan fingerprint density at radius 2 is 1.85 bits per heavy atom. The van der Waals surface area contributed by atoms with E-state index >= 15 is 0 Å². The monoisotopic (exact) mass is 387 g/mol. The highest BCUT2D eigenvalue weighted by atomic mass is 35.5. The first-order valence-electron chi connectivity index (χ1n) is 8.06. The van der Waals surface area contributed by atoms with E-state index in [0.717, 1.165) is 11.1 Å². The highest BCUT2D eigenvalue weighted by Gasteiger charge is 2.17. The third-order valence-electron chi connectivity index (χ3n) is 3.91. The van der Waals surface area contributed by atoms with Crippen LogP contribution < -0.4 is 10.1 Å². The maximum Gasteiger partial charge on any atom is 0.266 e. The van der Waals surface area contributed by atoms with Gasteiger partial charge in [0.15, 0.2) is 6.10 Å². The molecule has 1 N–H and O–H groups in total. The minimum atomic E-state index is -0.653. The van der Waals surface area contributed by atoms with Crippen molar-refractivity contribution in [1.82, 2.24) is 10.2 Å². The summed E-state index contributed by atoms with van der Waals surface area (Å²) in [5.74, 6) is 0.386. The van der Waals surface area contributed by atoms with Crippen molar-refractivity contribution in [1.29, 1.82) is 0 Å². The highest BCUT2D eigenvalue weighted by Crippen LogP contribution is 2.27. The fraction of sp³-hybridized carbons (Fsp3) is 0.211. The fourth-order valence-corrected chi connectivity index (χ4v) is 3.11. The van der Waals surface area contributed by atoms with Gasteiger partial charge in [-0.25, -0.2) is 0 Å². The van der Waals surface area contributed by atoms with E-state index in [0.29, 0.717) is 20.9 Å². The summed E-state index contributed by atoms with van der Waals surface area (Å²) >= 11 is 7.18. The zero-order valence-electron chi connectivity index (χ0n) is 14.6. The molecule has 0 radical (unpaired) electrons. The molecule has 26 heavy (non-hydrogen) atoms. The van der Waals surface area contributed by atoms with Crippen molar-refractivity contribution in [3.63, 3.8) is 0 Å². The molecule has 0 bridgehead atoms. The molecule has 0 unspecified atom stereocenters. The van der Waals surface area contributed by atoms with Crippen LogP contribution >= 0.6 is 22.9 Å². The van der Waals surface area contributed by atoms with Crippen molar-refractivity contribution < 1.29 is 9.53 Å². The zero-order valence-corrected chi connectivity index (χ0v) is 16.2. The van der Waals surface area contributed by atoms with E-state index in [2.05, 4.69) is 15.5 Å². The molecule has 7 heteroatoms. The van der Waals surface area contributed by atoms with Crippen LogP contribution in [0.15, 0.2) is 42.5 Å². The Morgan fingerprint density at radius 3 is 2.54 bits per heavy atom. The van der Waals surface area contributed by atoms with Crippen molar-refractivity contribution in [2.75, 3.05) is 5.32 Å². The number of halogens is 1. The second kappa shape index (κ2) is 7.85. The number of ether oxygens (including phenoxy) is 1. The normalized spacial score (nSPS) is 11.8. The molecule has 3 aromatic rings. The van der Waals surface area contributed by atoms with Crippen LogP contribution in [-0.4, -0.2) is 22.2 Å². The maximum atomic E-state index is 12.3. The maximum absolute atomic E-state index is 12.3. The Bertz CT molecular complexity index is 925. The third kappa shape index (κ3) is 4.39. The van der Waals surface area contributed by atoms with Crippen LogP contribution in [0.25, 0.3) is 10.6 Å². The lowest BCUT2D eigenvalue weighted by molar-refractivity contribution is -0.122. The second-order valence-electron chi connectivity index (χ2n) is 5.91. The van der Waals surface area contributed by atoms with Crippen LogP contribution in [0.1, 0.15) is 18.1 Å². The first-order chi connectivity index (χ1) is 12.4. The molecule has 1 heterocycles. The van der Waals surface area contributed by atoms with E-state index < -0.39 is 6.10 Å². The van der Waals surface area contributed by atoms with Gasteiger partial charge in [-0.2, -0.15) is 0 Å². The Balaban J connectivity index is 1.64. The Hall–Kier alpha value is -2.44. The van der Waals surface area contributed by atoms with E-state index in [1.807, 2.05) is 44.2 Å². The predicted octanol–water partition coefficient (Wildman–Crippen LogP) is 4.88. The van der Waals surface area contributed by atoms with Crippen molar-refractivity contribution in [2.45, 2.75) is 26.9 Å². The molecule has 0 spiro atoms. The number of carbonyl (C=O) groups is 1. The summed E-state index contributed by atoms with van der Waals surface area (Å²) < 4.78 is 5.72. The topological polar surface area (TPSA) is 64.1 Å². The summed E-state index contributed by atoms with van der Waals surface area (Å²) in [5.41, 5.74) is 3.19. The van der Waals surface area contributed by atoms with Gasteiger partial charge in [0.05, 0.1) is 0 Å². The average Bonchev–Trinajstić information content (AvgIpc) is 3.07. The minimum Gasteiger partial charge on any atom is -0.481 e. The smallest absolute Gasteiger partial charge is 0.266 e. The average molecular weight is 388 g/mol. The molecule has 1 atom stereocenters. The molecule has 3 rings (SSSR count). The first-order valence-corrected chi connectivity index (χ1v) is 9.26. The molecule has 134 valence electrons. The van der Waals surface area contributed by atoms with Crippen molar-refractivity contribution in [3.05, 3.63) is 58.6 Å². The van der Waals surface area contributed by atoms with Gasteiger partial charge in [0.2, 0.25) is 5.13 Å². The number of aromatic nitrogens is 2. The van der Waals surface area contributed by atoms with Crippen molar-refractivity contribution >= 4 is 34.0 Å². The molecule has 0 aliphatic rings. The molecule has 1 amide bonds. The number of hydrogen-bond donors (Lipinski definition) is 1. The lowest BCUT2D eigenvalue weighted by Crippen LogP contribution is -2.30. The molecule has 5 nitrogen and oxygen atoms in total. The fourth-order valence-electron chi connectivity index (χ4n) is 2.23. The molecule has 0 aliphatic carbocycles. The van der Waals surface area contributed by atoms with Gasteiger partial charge in [-0.3, -0.25) is 10.1 Å². The van der Waals surface area contributed by atoms with E-state index in [1.165, 1.54) is 16.9 Å². The van der Waals surface area contributed by atoms with Gasteiger partial charge in [0, 0.05) is 10.6 Å². The van der Waals surface area contributed by atoms with Gasteiger partial charge >= 0.3 is 0 Å². The van der Waals surface area contributed by atoms with Gasteiger partial charge in [-0.15, -0.1) is 10.2 Å². The van der Waals surface area contributed by atoms with Gasteiger partial charge in [-0.05, 0) is 56.2 Å². The Kier molecular flexibility index (Phi) is 5.54. The minimum absolute atomic E-state index is 0.276. The summed E-state index contributed by atoms with van der Waals surface area (Å²) in [6, 6.07) is 13.0. The van der Waals surface area contributed by atoms with Gasteiger partial charge in [0.25, 0.3) is 5.91 Å². The van der Waals surface area contributed by atoms with E-state index in [9.17, 15) is 4.79 Å². The van der Waals surface area contributed by atoms with Crippen LogP contribution in [0.3, 0.4) is 0 Å². The number of amides is 1. The molecule has 0 saturated carbocycles. The lowest BCUT2D eigenvalue weighted by Gasteiger charge is -2.14. The third-order valence-corrected chi connectivity index (χ3v) is 5.05.